The van der Waals surface area contributed by atoms with Crippen molar-refractivity contribution in [2.75, 3.05) is 60.0 Å². The summed E-state index contributed by atoms with van der Waals surface area (Å²) in [5, 5.41) is 3.20. The minimum Gasteiger partial charge on any atom is -0.382 e. The SMILES string of the molecule is CCOCCCNC(=NCC1CN(C)CCN1C)NN. The zero-order valence-electron chi connectivity index (χ0n) is 13.1. The molecule has 0 aromatic rings. The van der Waals surface area contributed by atoms with Gasteiger partial charge in [0.1, 0.15) is 0 Å². The number of likely N-dealkylation sites (N-methyl/N-ethyl adjacent to an activating group) is 2. The lowest BCUT2D eigenvalue weighted by molar-refractivity contribution is 0.119. The van der Waals surface area contributed by atoms with Crippen molar-refractivity contribution >= 4 is 5.96 Å². The Morgan fingerprint density at radius 3 is 2.90 bits per heavy atom. The second-order valence-electron chi connectivity index (χ2n) is 5.21. The summed E-state index contributed by atoms with van der Waals surface area (Å²) < 4.78 is 5.29. The number of aliphatic imine (C=N–C) groups is 1. The largest absolute Gasteiger partial charge is 0.382 e. The Morgan fingerprint density at radius 1 is 1.40 bits per heavy atom. The molecule has 7 nitrogen and oxygen atoms in total. The summed E-state index contributed by atoms with van der Waals surface area (Å²) in [7, 11) is 4.30. The molecule has 0 aromatic carbocycles. The van der Waals surface area contributed by atoms with E-state index in [1.165, 1.54) is 0 Å². The second kappa shape index (κ2) is 9.93. The number of nitrogens with one attached hydrogen (secondary N) is 2. The third kappa shape index (κ3) is 6.51. The number of rotatable bonds is 7. The number of hydrogen-bond acceptors (Lipinski definition) is 5. The first kappa shape index (κ1) is 17.2. The smallest absolute Gasteiger partial charge is 0.205 e. The van der Waals surface area contributed by atoms with Crippen LogP contribution >= 0.6 is 0 Å². The molecule has 0 bridgehead atoms. The zero-order chi connectivity index (χ0) is 14.8. The fourth-order valence-corrected chi connectivity index (χ4v) is 2.17. The molecule has 4 N–H and O–H groups in total. The molecule has 1 heterocycles. The Balaban J connectivity index is 2.29. The van der Waals surface area contributed by atoms with E-state index in [-0.39, 0.29) is 0 Å². The van der Waals surface area contributed by atoms with Gasteiger partial charge in [0.25, 0.3) is 0 Å². The van der Waals surface area contributed by atoms with Crippen LogP contribution < -0.4 is 16.6 Å². The highest BCUT2D eigenvalue weighted by Gasteiger charge is 2.21. The third-order valence-electron chi connectivity index (χ3n) is 3.54. The Morgan fingerprint density at radius 2 is 2.20 bits per heavy atom. The van der Waals surface area contributed by atoms with E-state index < -0.39 is 0 Å². The molecule has 0 saturated carbocycles. The first-order valence-electron chi connectivity index (χ1n) is 7.38. The fourth-order valence-electron chi connectivity index (χ4n) is 2.17. The number of hydrazine groups is 1. The van der Waals surface area contributed by atoms with Crippen molar-refractivity contribution in [3.63, 3.8) is 0 Å². The maximum atomic E-state index is 5.49. The fraction of sp³-hybridized carbons (Fsp3) is 0.923. The molecule has 1 aliphatic heterocycles. The van der Waals surface area contributed by atoms with Crippen LogP contribution in [-0.2, 0) is 4.74 Å². The highest BCUT2D eigenvalue weighted by molar-refractivity contribution is 5.79. The number of guanidine groups is 1. The lowest BCUT2D eigenvalue weighted by Gasteiger charge is -2.36. The lowest BCUT2D eigenvalue weighted by Crippen LogP contribution is -2.52. The van der Waals surface area contributed by atoms with Crippen molar-refractivity contribution in [2.24, 2.45) is 10.8 Å². The van der Waals surface area contributed by atoms with Crippen molar-refractivity contribution in [1.82, 2.24) is 20.5 Å². The van der Waals surface area contributed by atoms with E-state index in [1.54, 1.807) is 0 Å². The number of hydrogen-bond donors (Lipinski definition) is 3. The van der Waals surface area contributed by atoms with E-state index in [1.807, 2.05) is 6.92 Å². The van der Waals surface area contributed by atoms with Gasteiger partial charge in [-0.2, -0.15) is 0 Å². The molecule has 0 radical (unpaired) electrons. The minimum atomic E-state index is 0.447. The zero-order valence-corrected chi connectivity index (χ0v) is 13.1. The molecule has 1 atom stereocenters. The van der Waals surface area contributed by atoms with Crippen LogP contribution in [0.15, 0.2) is 4.99 Å². The summed E-state index contributed by atoms with van der Waals surface area (Å²) in [5.41, 5.74) is 2.62. The Bertz CT molecular complexity index is 286. The minimum absolute atomic E-state index is 0.447. The summed E-state index contributed by atoms with van der Waals surface area (Å²) in [5.74, 6) is 6.15. The first-order valence-corrected chi connectivity index (χ1v) is 7.38. The van der Waals surface area contributed by atoms with E-state index in [0.717, 1.165) is 52.4 Å². The molecular formula is C13H30N6O. The van der Waals surface area contributed by atoms with Crippen LogP contribution in [0.25, 0.3) is 0 Å². The predicted molar refractivity (Wildman–Crippen MR) is 82.7 cm³/mol. The van der Waals surface area contributed by atoms with Gasteiger partial charge >= 0.3 is 0 Å². The maximum Gasteiger partial charge on any atom is 0.205 e. The van der Waals surface area contributed by atoms with Crippen LogP contribution in [-0.4, -0.2) is 81.8 Å². The molecule has 20 heavy (non-hydrogen) atoms. The van der Waals surface area contributed by atoms with Gasteiger partial charge in [0.2, 0.25) is 5.96 Å². The van der Waals surface area contributed by atoms with Gasteiger partial charge in [-0.1, -0.05) is 0 Å². The van der Waals surface area contributed by atoms with E-state index >= 15 is 0 Å². The molecule has 1 unspecified atom stereocenters. The van der Waals surface area contributed by atoms with Gasteiger partial charge in [0.05, 0.1) is 6.54 Å². The number of ether oxygens (including phenoxy) is 1. The van der Waals surface area contributed by atoms with Crippen molar-refractivity contribution in [3.8, 4) is 0 Å². The van der Waals surface area contributed by atoms with Crippen molar-refractivity contribution in [3.05, 3.63) is 0 Å². The average Bonchev–Trinajstić information content (AvgIpc) is 2.45. The van der Waals surface area contributed by atoms with Gasteiger partial charge in [0, 0.05) is 45.4 Å². The normalized spacial score (nSPS) is 22.0. The molecule has 1 aliphatic rings. The Kier molecular flexibility index (Phi) is 8.52. The van der Waals surface area contributed by atoms with E-state index in [2.05, 4.69) is 39.6 Å². The highest BCUT2D eigenvalue weighted by atomic mass is 16.5. The third-order valence-corrected chi connectivity index (χ3v) is 3.54. The molecule has 1 fully saturated rings. The molecule has 1 saturated heterocycles. The Labute approximate surface area is 122 Å². The molecule has 0 amide bonds. The van der Waals surface area contributed by atoms with Crippen LogP contribution in [0, 0.1) is 0 Å². The van der Waals surface area contributed by atoms with Gasteiger partial charge < -0.3 is 15.0 Å². The van der Waals surface area contributed by atoms with Crippen LogP contribution in [0.2, 0.25) is 0 Å². The molecule has 0 aromatic heterocycles. The summed E-state index contributed by atoms with van der Waals surface area (Å²) in [6.07, 6.45) is 0.945. The molecular weight excluding hydrogens is 256 g/mol. The van der Waals surface area contributed by atoms with Gasteiger partial charge in [-0.3, -0.25) is 15.3 Å². The molecule has 118 valence electrons. The van der Waals surface area contributed by atoms with Crippen LogP contribution in [0.4, 0.5) is 0 Å². The van der Waals surface area contributed by atoms with E-state index in [4.69, 9.17) is 10.6 Å². The van der Waals surface area contributed by atoms with Gasteiger partial charge in [0.15, 0.2) is 0 Å². The molecule has 0 aliphatic carbocycles. The summed E-state index contributed by atoms with van der Waals surface area (Å²) >= 11 is 0. The summed E-state index contributed by atoms with van der Waals surface area (Å²) in [4.78, 5) is 9.22. The molecule has 1 rings (SSSR count). The number of nitrogens with zero attached hydrogens (tertiary/aromatic N) is 3. The van der Waals surface area contributed by atoms with Crippen molar-refractivity contribution in [2.45, 2.75) is 19.4 Å². The second-order valence-corrected chi connectivity index (χ2v) is 5.21. The van der Waals surface area contributed by atoms with E-state index in [0.29, 0.717) is 12.0 Å². The van der Waals surface area contributed by atoms with E-state index in [9.17, 15) is 0 Å². The lowest BCUT2D eigenvalue weighted by atomic mass is 10.2. The monoisotopic (exact) mass is 286 g/mol. The summed E-state index contributed by atoms with van der Waals surface area (Å²) in [6, 6.07) is 0.447. The Hall–Kier alpha value is -0.890. The quantitative estimate of drug-likeness (QED) is 0.184. The first-order chi connectivity index (χ1) is 9.67. The average molecular weight is 286 g/mol. The summed E-state index contributed by atoms with van der Waals surface area (Å²) in [6.45, 7) is 8.33. The topological polar surface area (TPSA) is 78.2 Å². The highest BCUT2D eigenvalue weighted by Crippen LogP contribution is 2.05. The standard InChI is InChI=1S/C13H30N6O/c1-4-20-9-5-6-15-13(17-14)16-10-12-11-18(2)7-8-19(12)3/h12H,4-11,14H2,1-3H3,(H2,15,16,17). The number of nitrogens with two attached hydrogens (primary N) is 1. The van der Waals surface area contributed by atoms with Gasteiger partial charge in [-0.25, -0.2) is 5.84 Å². The van der Waals surface area contributed by atoms with Crippen LogP contribution in [0.5, 0.6) is 0 Å². The number of piperazine rings is 1. The van der Waals surface area contributed by atoms with Gasteiger partial charge in [-0.15, -0.1) is 0 Å². The van der Waals surface area contributed by atoms with Gasteiger partial charge in [-0.05, 0) is 27.4 Å². The van der Waals surface area contributed by atoms with Crippen LogP contribution in [0.1, 0.15) is 13.3 Å². The van der Waals surface area contributed by atoms with Crippen molar-refractivity contribution in [1.29, 1.82) is 0 Å². The van der Waals surface area contributed by atoms with Crippen molar-refractivity contribution < 1.29 is 4.74 Å². The van der Waals surface area contributed by atoms with Crippen LogP contribution in [0.3, 0.4) is 0 Å². The molecule has 7 heteroatoms. The predicted octanol–water partition coefficient (Wildman–Crippen LogP) is -0.932. The maximum absolute atomic E-state index is 5.49. The molecule has 0 spiro atoms.